The van der Waals surface area contributed by atoms with E-state index in [1.807, 2.05) is 0 Å². The second-order valence-corrected chi connectivity index (χ2v) is 6.29. The molecule has 70 valence electrons. The van der Waals surface area contributed by atoms with Crippen molar-refractivity contribution < 1.29 is 0 Å². The average molecular weight is 185 g/mol. The van der Waals surface area contributed by atoms with Crippen LogP contribution in [0.1, 0.15) is 39.5 Å². The van der Waals surface area contributed by atoms with E-state index in [9.17, 15) is 0 Å². The highest BCUT2D eigenvalue weighted by molar-refractivity contribution is 8.02. The van der Waals surface area contributed by atoms with E-state index in [-0.39, 0.29) is 0 Å². The van der Waals surface area contributed by atoms with Crippen molar-refractivity contribution in [2.75, 3.05) is 5.75 Å². The van der Waals surface area contributed by atoms with E-state index in [1.54, 1.807) is 0 Å². The molecule has 0 aromatic rings. The van der Waals surface area contributed by atoms with E-state index in [1.165, 1.54) is 31.4 Å². The Kier molecular flexibility index (Phi) is 2.39. The molecular formula is C10H19NS. The summed E-state index contributed by atoms with van der Waals surface area (Å²) in [5.74, 6) is 1.32. The molecule has 0 aromatic heterocycles. The molecule has 1 aliphatic carbocycles. The summed E-state index contributed by atoms with van der Waals surface area (Å²) in [6.07, 6.45) is 5.71. The predicted octanol–water partition coefficient (Wildman–Crippen LogP) is 2.41. The van der Waals surface area contributed by atoms with Gasteiger partial charge in [-0.1, -0.05) is 12.8 Å². The standard InChI is InChI=1S/C10H19NS/c1-10(2)9(7-12-10)11-8-5-3-4-6-8/h8-9,11H,3-7H2,1-2H3. The minimum atomic E-state index is 0.503. The third-order valence-electron chi connectivity index (χ3n) is 3.25. The number of hydrogen-bond donors (Lipinski definition) is 1. The molecule has 2 fully saturated rings. The van der Waals surface area contributed by atoms with Crippen LogP contribution in [-0.2, 0) is 0 Å². The maximum Gasteiger partial charge on any atom is 0.0302 e. The van der Waals surface area contributed by atoms with Crippen molar-refractivity contribution >= 4 is 11.8 Å². The Morgan fingerprint density at radius 1 is 1.25 bits per heavy atom. The summed E-state index contributed by atoms with van der Waals surface area (Å²) in [5.41, 5.74) is 0. The molecule has 12 heavy (non-hydrogen) atoms. The Hall–Kier alpha value is 0.310. The lowest BCUT2D eigenvalue weighted by molar-refractivity contribution is 0.381. The molecule has 1 heterocycles. The van der Waals surface area contributed by atoms with Gasteiger partial charge in [0.15, 0.2) is 0 Å². The second-order valence-electron chi connectivity index (χ2n) is 4.62. The van der Waals surface area contributed by atoms with Gasteiger partial charge in [-0.25, -0.2) is 0 Å². The van der Waals surface area contributed by atoms with Crippen molar-refractivity contribution in [3.63, 3.8) is 0 Å². The molecule has 2 rings (SSSR count). The number of hydrogen-bond acceptors (Lipinski definition) is 2. The number of rotatable bonds is 2. The summed E-state index contributed by atoms with van der Waals surface area (Å²) < 4.78 is 0.503. The van der Waals surface area contributed by atoms with E-state index in [0.717, 1.165) is 12.1 Å². The zero-order valence-corrected chi connectivity index (χ0v) is 8.91. The minimum Gasteiger partial charge on any atom is -0.309 e. The van der Waals surface area contributed by atoms with Crippen LogP contribution in [0, 0.1) is 0 Å². The summed E-state index contributed by atoms with van der Waals surface area (Å²) in [4.78, 5) is 0. The first-order valence-electron chi connectivity index (χ1n) is 5.08. The zero-order valence-electron chi connectivity index (χ0n) is 8.10. The SMILES string of the molecule is CC1(C)SCC1NC1CCCC1. The molecule has 1 saturated carbocycles. The van der Waals surface area contributed by atoms with Gasteiger partial charge < -0.3 is 5.32 Å². The maximum atomic E-state index is 3.78. The normalized spacial score (nSPS) is 35.0. The Morgan fingerprint density at radius 3 is 2.33 bits per heavy atom. The molecule has 1 unspecified atom stereocenters. The fraction of sp³-hybridized carbons (Fsp3) is 1.00. The average Bonchev–Trinajstić information content (AvgIpc) is 2.50. The van der Waals surface area contributed by atoms with Gasteiger partial charge in [-0.15, -0.1) is 0 Å². The summed E-state index contributed by atoms with van der Waals surface area (Å²) in [5, 5.41) is 3.78. The van der Waals surface area contributed by atoms with E-state index in [4.69, 9.17) is 0 Å². The zero-order chi connectivity index (χ0) is 8.60. The fourth-order valence-electron chi connectivity index (χ4n) is 2.13. The molecule has 1 saturated heterocycles. The largest absolute Gasteiger partial charge is 0.309 e. The summed E-state index contributed by atoms with van der Waals surface area (Å²) >= 11 is 2.09. The lowest BCUT2D eigenvalue weighted by atomic mass is 10.0. The van der Waals surface area contributed by atoms with Crippen LogP contribution in [0.5, 0.6) is 0 Å². The van der Waals surface area contributed by atoms with Crippen LogP contribution in [0.3, 0.4) is 0 Å². The molecule has 0 aromatic carbocycles. The van der Waals surface area contributed by atoms with Crippen molar-refractivity contribution in [2.24, 2.45) is 0 Å². The first kappa shape index (κ1) is 8.89. The highest BCUT2D eigenvalue weighted by atomic mass is 32.2. The molecule has 2 heteroatoms. The van der Waals surface area contributed by atoms with Crippen molar-refractivity contribution in [3.05, 3.63) is 0 Å². The lowest BCUT2D eigenvalue weighted by Crippen LogP contribution is -2.57. The van der Waals surface area contributed by atoms with E-state index < -0.39 is 0 Å². The van der Waals surface area contributed by atoms with Gasteiger partial charge in [-0.3, -0.25) is 0 Å². The van der Waals surface area contributed by atoms with Crippen LogP contribution in [0.25, 0.3) is 0 Å². The Labute approximate surface area is 79.7 Å². The first-order valence-corrected chi connectivity index (χ1v) is 6.07. The Balaban J connectivity index is 1.79. The molecule has 0 radical (unpaired) electrons. The third kappa shape index (κ3) is 1.64. The van der Waals surface area contributed by atoms with Crippen LogP contribution in [0.15, 0.2) is 0 Å². The van der Waals surface area contributed by atoms with Gasteiger partial charge in [-0.2, -0.15) is 11.8 Å². The Bertz CT molecular complexity index is 161. The van der Waals surface area contributed by atoms with Crippen LogP contribution in [-0.4, -0.2) is 22.6 Å². The molecule has 1 N–H and O–H groups in total. The molecule has 1 atom stereocenters. The van der Waals surface area contributed by atoms with Gasteiger partial charge >= 0.3 is 0 Å². The smallest absolute Gasteiger partial charge is 0.0302 e. The maximum absolute atomic E-state index is 3.78. The predicted molar refractivity (Wildman–Crippen MR) is 55.7 cm³/mol. The van der Waals surface area contributed by atoms with E-state index >= 15 is 0 Å². The molecule has 0 spiro atoms. The molecule has 1 nitrogen and oxygen atoms in total. The molecule has 0 bridgehead atoms. The Morgan fingerprint density at radius 2 is 1.92 bits per heavy atom. The van der Waals surface area contributed by atoms with Gasteiger partial charge in [0.2, 0.25) is 0 Å². The van der Waals surface area contributed by atoms with Crippen LogP contribution in [0.4, 0.5) is 0 Å². The second kappa shape index (κ2) is 3.22. The van der Waals surface area contributed by atoms with Crippen molar-refractivity contribution in [2.45, 2.75) is 56.4 Å². The summed E-state index contributed by atoms with van der Waals surface area (Å²) in [6, 6.07) is 1.63. The van der Waals surface area contributed by atoms with E-state index in [0.29, 0.717) is 4.75 Å². The summed E-state index contributed by atoms with van der Waals surface area (Å²) in [6.45, 7) is 4.71. The van der Waals surface area contributed by atoms with Crippen LogP contribution in [0.2, 0.25) is 0 Å². The van der Waals surface area contributed by atoms with Crippen molar-refractivity contribution in [1.82, 2.24) is 5.32 Å². The summed E-state index contributed by atoms with van der Waals surface area (Å²) in [7, 11) is 0. The number of thioether (sulfide) groups is 1. The van der Waals surface area contributed by atoms with Crippen LogP contribution >= 0.6 is 11.8 Å². The monoisotopic (exact) mass is 185 g/mol. The molecule has 0 amide bonds. The van der Waals surface area contributed by atoms with Crippen LogP contribution < -0.4 is 5.32 Å². The third-order valence-corrected chi connectivity index (χ3v) is 4.78. The van der Waals surface area contributed by atoms with Gasteiger partial charge in [-0.05, 0) is 26.7 Å². The van der Waals surface area contributed by atoms with Gasteiger partial charge in [0.05, 0.1) is 0 Å². The van der Waals surface area contributed by atoms with Gasteiger partial charge in [0.1, 0.15) is 0 Å². The van der Waals surface area contributed by atoms with Gasteiger partial charge in [0.25, 0.3) is 0 Å². The minimum absolute atomic E-state index is 0.503. The quantitative estimate of drug-likeness (QED) is 0.709. The molecule has 2 aliphatic rings. The van der Waals surface area contributed by atoms with Crippen molar-refractivity contribution in [3.8, 4) is 0 Å². The molecule has 1 aliphatic heterocycles. The van der Waals surface area contributed by atoms with E-state index in [2.05, 4.69) is 30.9 Å². The first-order chi connectivity index (χ1) is 5.68. The highest BCUT2D eigenvalue weighted by Gasteiger charge is 2.40. The highest BCUT2D eigenvalue weighted by Crippen LogP contribution is 2.40. The fourth-order valence-corrected chi connectivity index (χ4v) is 3.29. The van der Waals surface area contributed by atoms with Gasteiger partial charge in [0, 0.05) is 22.6 Å². The molecular weight excluding hydrogens is 166 g/mol. The lowest BCUT2D eigenvalue weighted by Gasteiger charge is -2.45. The topological polar surface area (TPSA) is 12.0 Å². The van der Waals surface area contributed by atoms with Crippen molar-refractivity contribution in [1.29, 1.82) is 0 Å². The number of nitrogens with one attached hydrogen (secondary N) is 1.